The molecular formula is C14H19N3O3. The normalized spacial score (nSPS) is 10.3. The first kappa shape index (κ1) is 15.6. The Balaban J connectivity index is 0.000000200. The zero-order valence-corrected chi connectivity index (χ0v) is 11.8. The van der Waals surface area contributed by atoms with Crippen molar-refractivity contribution >= 4 is 11.9 Å². The molecule has 0 saturated carbocycles. The number of anilines is 1. The summed E-state index contributed by atoms with van der Waals surface area (Å²) in [6.07, 6.45) is -0.786. The number of nitrogens with two attached hydrogens (primary N) is 2. The molecule has 1 aromatic heterocycles. The van der Waals surface area contributed by atoms with Crippen LogP contribution in [0.15, 0.2) is 40.9 Å². The number of amides is 1. The molecule has 0 aliphatic rings. The molecule has 0 spiro atoms. The Kier molecular flexibility index (Phi) is 5.14. The van der Waals surface area contributed by atoms with E-state index in [1.807, 2.05) is 26.8 Å². The number of para-hydroxylation sites is 1. The standard InChI is InChI=1S/C7H12N2O.C7H7NO2/c1-7(2,3)5-4-6(8)9-10-5;8-7(9)10-6-4-2-1-3-5-6/h4H,1-3H3,(H2,8,9);1-5H,(H2,8,9). The summed E-state index contributed by atoms with van der Waals surface area (Å²) in [5.74, 6) is 1.74. The van der Waals surface area contributed by atoms with Crippen molar-refractivity contribution in [2.45, 2.75) is 26.2 Å². The van der Waals surface area contributed by atoms with Crippen LogP contribution in [0.4, 0.5) is 10.6 Å². The maximum absolute atomic E-state index is 10.2. The number of ether oxygens (including phenoxy) is 1. The molecular weight excluding hydrogens is 258 g/mol. The fourth-order valence-corrected chi connectivity index (χ4v) is 1.25. The number of carbonyl (C=O) groups excluding carboxylic acids is 1. The molecule has 0 bridgehead atoms. The van der Waals surface area contributed by atoms with Crippen LogP contribution in [0, 0.1) is 0 Å². The van der Waals surface area contributed by atoms with Crippen LogP contribution >= 0.6 is 0 Å². The lowest BCUT2D eigenvalue weighted by atomic mass is 9.93. The second-order valence-electron chi connectivity index (χ2n) is 5.10. The molecule has 0 saturated heterocycles. The Hall–Kier alpha value is -2.50. The summed E-state index contributed by atoms with van der Waals surface area (Å²) in [5, 5.41) is 3.59. The van der Waals surface area contributed by atoms with E-state index in [-0.39, 0.29) is 5.41 Å². The number of benzene rings is 1. The van der Waals surface area contributed by atoms with Crippen molar-refractivity contribution in [3.05, 3.63) is 42.2 Å². The molecule has 1 aromatic carbocycles. The first-order valence-corrected chi connectivity index (χ1v) is 6.04. The first-order valence-electron chi connectivity index (χ1n) is 6.04. The third kappa shape index (κ3) is 5.43. The van der Waals surface area contributed by atoms with Gasteiger partial charge in [-0.3, -0.25) is 0 Å². The van der Waals surface area contributed by atoms with E-state index >= 15 is 0 Å². The van der Waals surface area contributed by atoms with Crippen molar-refractivity contribution < 1.29 is 14.1 Å². The molecule has 0 radical (unpaired) electrons. The summed E-state index contributed by atoms with van der Waals surface area (Å²) in [6, 6.07) is 10.4. The second-order valence-corrected chi connectivity index (χ2v) is 5.10. The van der Waals surface area contributed by atoms with Gasteiger partial charge in [-0.25, -0.2) is 4.79 Å². The highest BCUT2D eigenvalue weighted by atomic mass is 16.5. The van der Waals surface area contributed by atoms with Gasteiger partial charge in [0.25, 0.3) is 0 Å². The van der Waals surface area contributed by atoms with E-state index in [1.165, 1.54) is 0 Å². The van der Waals surface area contributed by atoms with Crippen LogP contribution in [0.2, 0.25) is 0 Å². The zero-order valence-electron chi connectivity index (χ0n) is 11.8. The van der Waals surface area contributed by atoms with E-state index in [1.54, 1.807) is 30.3 Å². The Morgan fingerprint density at radius 2 is 1.85 bits per heavy atom. The lowest BCUT2D eigenvalue weighted by Crippen LogP contribution is -2.15. The SMILES string of the molecule is CC(C)(C)c1cc(N)no1.NC(=O)Oc1ccccc1. The molecule has 6 nitrogen and oxygen atoms in total. The maximum atomic E-state index is 10.2. The lowest BCUT2D eigenvalue weighted by molar-refractivity contribution is 0.211. The fourth-order valence-electron chi connectivity index (χ4n) is 1.25. The molecule has 20 heavy (non-hydrogen) atoms. The van der Waals surface area contributed by atoms with E-state index in [0.717, 1.165) is 5.76 Å². The second kappa shape index (κ2) is 6.60. The van der Waals surface area contributed by atoms with Gasteiger partial charge in [-0.05, 0) is 12.1 Å². The number of primary amides is 1. The molecule has 0 unspecified atom stereocenters. The van der Waals surface area contributed by atoms with E-state index in [2.05, 4.69) is 9.89 Å². The third-order valence-electron chi connectivity index (χ3n) is 2.23. The Morgan fingerprint density at radius 3 is 2.20 bits per heavy atom. The van der Waals surface area contributed by atoms with Gasteiger partial charge in [-0.15, -0.1) is 0 Å². The van der Waals surface area contributed by atoms with Crippen molar-refractivity contribution in [2.75, 3.05) is 5.73 Å². The molecule has 0 aliphatic carbocycles. The largest absolute Gasteiger partial charge is 0.411 e. The van der Waals surface area contributed by atoms with Gasteiger partial charge in [0.05, 0.1) is 0 Å². The van der Waals surface area contributed by atoms with Gasteiger partial charge >= 0.3 is 6.09 Å². The van der Waals surface area contributed by atoms with Crippen LogP contribution in [0.1, 0.15) is 26.5 Å². The van der Waals surface area contributed by atoms with Crippen LogP contribution < -0.4 is 16.2 Å². The van der Waals surface area contributed by atoms with E-state index in [0.29, 0.717) is 11.6 Å². The number of rotatable bonds is 1. The molecule has 1 amide bonds. The van der Waals surface area contributed by atoms with Crippen LogP contribution in [0.3, 0.4) is 0 Å². The Bertz CT molecular complexity index is 544. The molecule has 0 aliphatic heterocycles. The summed E-state index contributed by atoms with van der Waals surface area (Å²) in [5.41, 5.74) is 10.1. The topological polar surface area (TPSA) is 104 Å². The Labute approximate surface area is 117 Å². The van der Waals surface area contributed by atoms with Crippen LogP contribution in [-0.2, 0) is 5.41 Å². The smallest absolute Gasteiger partial charge is 0.409 e. The molecule has 1 heterocycles. The van der Waals surface area contributed by atoms with Crippen LogP contribution in [0.5, 0.6) is 5.75 Å². The van der Waals surface area contributed by atoms with Crippen molar-refractivity contribution in [2.24, 2.45) is 5.73 Å². The molecule has 0 atom stereocenters. The molecule has 2 aromatic rings. The van der Waals surface area contributed by atoms with Gasteiger partial charge in [0.1, 0.15) is 11.5 Å². The van der Waals surface area contributed by atoms with E-state index < -0.39 is 6.09 Å². The van der Waals surface area contributed by atoms with Gasteiger partial charge in [-0.1, -0.05) is 44.1 Å². The average Bonchev–Trinajstić information content (AvgIpc) is 2.77. The van der Waals surface area contributed by atoms with Crippen molar-refractivity contribution in [3.63, 3.8) is 0 Å². The molecule has 108 valence electrons. The number of aromatic nitrogens is 1. The molecule has 2 rings (SSSR count). The summed E-state index contributed by atoms with van der Waals surface area (Å²) in [7, 11) is 0. The maximum Gasteiger partial charge on any atom is 0.409 e. The summed E-state index contributed by atoms with van der Waals surface area (Å²) in [4.78, 5) is 10.2. The minimum absolute atomic E-state index is 0.00458. The van der Waals surface area contributed by atoms with Crippen molar-refractivity contribution in [1.29, 1.82) is 0 Å². The number of carbonyl (C=O) groups is 1. The van der Waals surface area contributed by atoms with E-state index in [9.17, 15) is 4.79 Å². The number of nitrogen functional groups attached to an aromatic ring is 1. The number of hydrogen-bond donors (Lipinski definition) is 2. The van der Waals surface area contributed by atoms with Gasteiger partial charge in [0.2, 0.25) is 0 Å². The molecule has 6 heteroatoms. The third-order valence-corrected chi connectivity index (χ3v) is 2.23. The van der Waals surface area contributed by atoms with Crippen LogP contribution in [-0.4, -0.2) is 11.2 Å². The fraction of sp³-hybridized carbons (Fsp3) is 0.286. The summed E-state index contributed by atoms with van der Waals surface area (Å²) >= 11 is 0. The van der Waals surface area contributed by atoms with Crippen molar-refractivity contribution in [1.82, 2.24) is 5.16 Å². The first-order chi connectivity index (χ1) is 9.29. The monoisotopic (exact) mass is 277 g/mol. The minimum Gasteiger partial charge on any atom is -0.411 e. The van der Waals surface area contributed by atoms with Crippen LogP contribution in [0.25, 0.3) is 0 Å². The Morgan fingerprint density at radius 1 is 1.25 bits per heavy atom. The summed E-state index contributed by atoms with van der Waals surface area (Å²) in [6.45, 7) is 6.15. The van der Waals surface area contributed by atoms with Gasteiger partial charge in [-0.2, -0.15) is 0 Å². The highest BCUT2D eigenvalue weighted by Gasteiger charge is 2.18. The van der Waals surface area contributed by atoms with Gasteiger partial charge in [0, 0.05) is 11.5 Å². The lowest BCUT2D eigenvalue weighted by Gasteiger charge is -2.11. The summed E-state index contributed by atoms with van der Waals surface area (Å²) < 4.78 is 9.51. The highest BCUT2D eigenvalue weighted by molar-refractivity contribution is 5.67. The zero-order chi connectivity index (χ0) is 15.2. The quantitative estimate of drug-likeness (QED) is 0.833. The number of nitrogens with zero attached hydrogens (tertiary/aromatic N) is 1. The van der Waals surface area contributed by atoms with Gasteiger partial charge in [0.15, 0.2) is 5.82 Å². The predicted octanol–water partition coefficient (Wildman–Crippen LogP) is 2.70. The molecule has 4 N–H and O–H groups in total. The molecule has 0 fully saturated rings. The highest BCUT2D eigenvalue weighted by Crippen LogP contribution is 2.22. The predicted molar refractivity (Wildman–Crippen MR) is 76.3 cm³/mol. The van der Waals surface area contributed by atoms with Gasteiger partial charge < -0.3 is 20.7 Å². The average molecular weight is 277 g/mol. The van der Waals surface area contributed by atoms with Crippen molar-refractivity contribution in [3.8, 4) is 5.75 Å². The van der Waals surface area contributed by atoms with E-state index in [4.69, 9.17) is 16.0 Å². The number of hydrogen-bond acceptors (Lipinski definition) is 5. The minimum atomic E-state index is -0.786.